The third kappa shape index (κ3) is 2.43. The van der Waals surface area contributed by atoms with Crippen molar-refractivity contribution in [3.8, 4) is 0 Å². The van der Waals surface area contributed by atoms with E-state index in [0.717, 1.165) is 5.56 Å². The van der Waals surface area contributed by atoms with E-state index in [1.807, 2.05) is 20.8 Å². The van der Waals surface area contributed by atoms with Crippen molar-refractivity contribution in [1.82, 2.24) is 0 Å². The normalized spacial score (nSPS) is 18.7. The lowest BCUT2D eigenvalue weighted by Crippen LogP contribution is -2.56. The molecule has 0 atom stereocenters. The van der Waals surface area contributed by atoms with Crippen molar-refractivity contribution in [2.45, 2.75) is 31.3 Å². The monoisotopic (exact) mass is 270 g/mol. The van der Waals surface area contributed by atoms with Crippen LogP contribution in [-0.4, -0.2) is 27.2 Å². The predicted molar refractivity (Wildman–Crippen MR) is 67.8 cm³/mol. The maximum atomic E-state index is 12.2. The van der Waals surface area contributed by atoms with Crippen molar-refractivity contribution in [2.24, 2.45) is 5.92 Å². The summed E-state index contributed by atoms with van der Waals surface area (Å²) in [7, 11) is -3.72. The van der Waals surface area contributed by atoms with E-state index in [9.17, 15) is 8.42 Å². The fraction of sp³-hybridized carbons (Fsp3) is 0.538. The Kier molecular flexibility index (Phi) is 3.49. The highest BCUT2D eigenvalue weighted by Gasteiger charge is 2.47. The van der Waals surface area contributed by atoms with Gasteiger partial charge in [-0.25, -0.2) is 0 Å². The highest BCUT2D eigenvalue weighted by atomic mass is 32.2. The zero-order chi connectivity index (χ0) is 13.4. The van der Waals surface area contributed by atoms with Crippen LogP contribution in [0.1, 0.15) is 19.4 Å². The Morgan fingerprint density at radius 2 is 1.78 bits per heavy atom. The minimum atomic E-state index is -3.72. The van der Waals surface area contributed by atoms with Crippen LogP contribution in [0.4, 0.5) is 0 Å². The molecule has 0 unspecified atom stereocenters. The molecular formula is C13H18O4S. The Balaban J connectivity index is 2.24. The molecule has 2 rings (SSSR count). The summed E-state index contributed by atoms with van der Waals surface area (Å²) in [6, 6.07) is 6.65. The average molecular weight is 270 g/mol. The molecule has 18 heavy (non-hydrogen) atoms. The largest absolute Gasteiger partial charge is 0.375 e. The summed E-state index contributed by atoms with van der Waals surface area (Å²) in [5.74, 6) is 0.0893. The average Bonchev–Trinajstić information content (AvgIpc) is 2.23. The van der Waals surface area contributed by atoms with Gasteiger partial charge in [0.25, 0.3) is 10.1 Å². The predicted octanol–water partition coefficient (Wildman–Crippen LogP) is 2.13. The van der Waals surface area contributed by atoms with E-state index < -0.39 is 15.7 Å². The molecule has 1 aliphatic heterocycles. The Morgan fingerprint density at radius 1 is 1.22 bits per heavy atom. The van der Waals surface area contributed by atoms with Crippen LogP contribution in [0.2, 0.25) is 0 Å². The molecule has 1 aromatic carbocycles. The summed E-state index contributed by atoms with van der Waals surface area (Å²) in [6.45, 7) is 6.44. The molecule has 1 aromatic rings. The molecule has 1 heterocycles. The van der Waals surface area contributed by atoms with Crippen LogP contribution in [0.3, 0.4) is 0 Å². The second kappa shape index (κ2) is 4.64. The van der Waals surface area contributed by atoms with E-state index in [2.05, 4.69) is 0 Å². The maximum absolute atomic E-state index is 12.2. The van der Waals surface area contributed by atoms with E-state index in [-0.39, 0.29) is 10.8 Å². The number of ether oxygens (including phenoxy) is 1. The number of hydrogen-bond acceptors (Lipinski definition) is 4. The molecule has 0 aromatic heterocycles. The lowest BCUT2D eigenvalue weighted by molar-refractivity contribution is -0.181. The molecule has 0 amide bonds. The summed E-state index contributed by atoms with van der Waals surface area (Å²) < 4.78 is 34.9. The van der Waals surface area contributed by atoms with Gasteiger partial charge in [0.15, 0.2) is 0 Å². The molecule has 1 aliphatic rings. The summed E-state index contributed by atoms with van der Waals surface area (Å²) in [4.78, 5) is 0.194. The SMILES string of the molecule is Cc1ccc(S(=O)(=O)OC2(C(C)C)COC2)cc1. The number of hydrogen-bond donors (Lipinski definition) is 0. The van der Waals surface area contributed by atoms with E-state index in [4.69, 9.17) is 8.92 Å². The summed E-state index contributed by atoms with van der Waals surface area (Å²) in [5, 5.41) is 0. The van der Waals surface area contributed by atoms with E-state index in [1.165, 1.54) is 0 Å². The molecule has 0 bridgehead atoms. The van der Waals surface area contributed by atoms with Crippen molar-refractivity contribution >= 4 is 10.1 Å². The molecular weight excluding hydrogens is 252 g/mol. The zero-order valence-corrected chi connectivity index (χ0v) is 11.7. The molecule has 0 aliphatic carbocycles. The number of rotatable bonds is 4. The molecule has 0 saturated carbocycles. The van der Waals surface area contributed by atoms with Crippen LogP contribution < -0.4 is 0 Å². The summed E-state index contributed by atoms with van der Waals surface area (Å²) >= 11 is 0. The van der Waals surface area contributed by atoms with Gasteiger partial charge in [-0.2, -0.15) is 8.42 Å². The van der Waals surface area contributed by atoms with E-state index in [0.29, 0.717) is 13.2 Å². The molecule has 0 radical (unpaired) electrons. The van der Waals surface area contributed by atoms with Gasteiger partial charge < -0.3 is 4.74 Å². The van der Waals surface area contributed by atoms with Gasteiger partial charge >= 0.3 is 0 Å². The standard InChI is InChI=1S/C13H18O4S/c1-10(2)13(8-16-9-13)17-18(14,15)12-6-4-11(3)5-7-12/h4-7,10H,8-9H2,1-3H3. The zero-order valence-electron chi connectivity index (χ0n) is 10.8. The highest BCUT2D eigenvalue weighted by Crippen LogP contribution is 2.33. The van der Waals surface area contributed by atoms with Gasteiger partial charge in [0, 0.05) is 0 Å². The van der Waals surface area contributed by atoms with Gasteiger partial charge in [-0.3, -0.25) is 4.18 Å². The van der Waals surface area contributed by atoms with Gasteiger partial charge in [-0.15, -0.1) is 0 Å². The summed E-state index contributed by atoms with van der Waals surface area (Å²) in [6.07, 6.45) is 0. The third-order valence-electron chi connectivity index (χ3n) is 3.33. The molecule has 5 heteroatoms. The Labute approximate surface area is 108 Å². The quantitative estimate of drug-likeness (QED) is 0.786. The van der Waals surface area contributed by atoms with Crippen molar-refractivity contribution in [2.75, 3.05) is 13.2 Å². The van der Waals surface area contributed by atoms with Gasteiger partial charge in [0.1, 0.15) is 5.60 Å². The van der Waals surface area contributed by atoms with Crippen molar-refractivity contribution in [3.63, 3.8) is 0 Å². The summed E-state index contributed by atoms with van der Waals surface area (Å²) in [5.41, 5.74) is 0.309. The second-order valence-electron chi connectivity index (χ2n) is 5.06. The van der Waals surface area contributed by atoms with Crippen LogP contribution in [0.25, 0.3) is 0 Å². The maximum Gasteiger partial charge on any atom is 0.297 e. The van der Waals surface area contributed by atoms with Crippen LogP contribution in [0.15, 0.2) is 29.2 Å². The first-order valence-electron chi connectivity index (χ1n) is 5.96. The lowest BCUT2D eigenvalue weighted by Gasteiger charge is -2.43. The van der Waals surface area contributed by atoms with Crippen molar-refractivity contribution in [3.05, 3.63) is 29.8 Å². The van der Waals surface area contributed by atoms with Crippen LogP contribution in [-0.2, 0) is 19.0 Å². The smallest absolute Gasteiger partial charge is 0.297 e. The highest BCUT2D eigenvalue weighted by molar-refractivity contribution is 7.86. The van der Waals surface area contributed by atoms with Gasteiger partial charge in [-0.05, 0) is 25.0 Å². The minimum absolute atomic E-state index is 0.0893. The lowest BCUT2D eigenvalue weighted by atomic mass is 9.89. The molecule has 100 valence electrons. The van der Waals surface area contributed by atoms with Gasteiger partial charge in [0.2, 0.25) is 0 Å². The Bertz CT molecular complexity index is 512. The molecule has 4 nitrogen and oxygen atoms in total. The fourth-order valence-corrected chi connectivity index (χ4v) is 3.04. The topological polar surface area (TPSA) is 52.6 Å². The first kappa shape index (κ1) is 13.5. The van der Waals surface area contributed by atoms with Crippen LogP contribution in [0, 0.1) is 12.8 Å². The fourth-order valence-electron chi connectivity index (χ4n) is 1.75. The van der Waals surface area contributed by atoms with E-state index in [1.54, 1.807) is 24.3 Å². The number of aryl methyl sites for hydroxylation is 1. The van der Waals surface area contributed by atoms with Gasteiger partial charge in [-0.1, -0.05) is 31.5 Å². The second-order valence-corrected chi connectivity index (χ2v) is 6.61. The molecule has 0 spiro atoms. The third-order valence-corrected chi connectivity index (χ3v) is 4.73. The number of benzene rings is 1. The van der Waals surface area contributed by atoms with Crippen molar-refractivity contribution < 1.29 is 17.3 Å². The van der Waals surface area contributed by atoms with Gasteiger partial charge in [0.05, 0.1) is 18.1 Å². The molecule has 0 N–H and O–H groups in total. The molecule has 1 saturated heterocycles. The molecule has 1 fully saturated rings. The first-order chi connectivity index (χ1) is 8.36. The van der Waals surface area contributed by atoms with Crippen LogP contribution >= 0.6 is 0 Å². The van der Waals surface area contributed by atoms with Crippen molar-refractivity contribution in [1.29, 1.82) is 0 Å². The first-order valence-corrected chi connectivity index (χ1v) is 7.37. The Morgan fingerprint density at radius 3 is 2.17 bits per heavy atom. The van der Waals surface area contributed by atoms with E-state index >= 15 is 0 Å². The minimum Gasteiger partial charge on any atom is -0.375 e. The Hall–Kier alpha value is -0.910. The van der Waals surface area contributed by atoms with Crippen LogP contribution in [0.5, 0.6) is 0 Å².